The molecule has 2 aromatic carbocycles. The minimum absolute atomic E-state index is 0.161. The number of anilines is 1. The molecule has 6 rings (SSSR count). The number of ether oxygens (including phenoxy) is 1. The number of rotatable bonds is 8. The van der Waals surface area contributed by atoms with E-state index in [1.807, 2.05) is 42.5 Å². The molecule has 0 unspecified atom stereocenters. The van der Waals surface area contributed by atoms with Crippen LogP contribution in [0.3, 0.4) is 0 Å². The third-order valence-electron chi connectivity index (χ3n) is 7.41. The Kier molecular flexibility index (Phi) is 6.69. The van der Waals surface area contributed by atoms with Gasteiger partial charge in [-0.15, -0.1) is 0 Å². The van der Waals surface area contributed by atoms with Crippen molar-refractivity contribution in [1.29, 1.82) is 5.26 Å². The molecule has 2 aliphatic rings. The molecular weight excluding hydrogens is 478 g/mol. The molecule has 0 saturated heterocycles. The molecule has 2 saturated carbocycles. The van der Waals surface area contributed by atoms with Gasteiger partial charge in [-0.2, -0.15) is 10.4 Å². The second-order valence-electron chi connectivity index (χ2n) is 10.1. The summed E-state index contributed by atoms with van der Waals surface area (Å²) in [4.78, 5) is 16.4. The number of hydrogen-bond acceptors (Lipinski definition) is 5. The Labute approximate surface area is 221 Å². The molecule has 2 amide bonds. The van der Waals surface area contributed by atoms with E-state index in [0.717, 1.165) is 59.3 Å². The van der Waals surface area contributed by atoms with E-state index >= 15 is 0 Å². The Bertz CT molecular complexity index is 1460. The topological polar surface area (TPSA) is 110 Å². The summed E-state index contributed by atoms with van der Waals surface area (Å²) in [5, 5.41) is 21.3. The largest absolute Gasteiger partial charge is 0.492 e. The maximum absolute atomic E-state index is 12.5. The van der Waals surface area contributed by atoms with Crippen LogP contribution in [-0.4, -0.2) is 38.0 Å². The van der Waals surface area contributed by atoms with E-state index in [-0.39, 0.29) is 12.1 Å². The Morgan fingerprint density at radius 1 is 1.08 bits per heavy atom. The lowest BCUT2D eigenvalue weighted by Gasteiger charge is -2.22. The summed E-state index contributed by atoms with van der Waals surface area (Å²) in [6.07, 6.45) is 11.0. The number of fused-ring (bicyclic) bond motifs is 1. The molecule has 2 heterocycles. The summed E-state index contributed by atoms with van der Waals surface area (Å²) in [6, 6.07) is 16.6. The summed E-state index contributed by atoms with van der Waals surface area (Å²) < 4.78 is 10.0. The normalized spacial score (nSPS) is 15.8. The van der Waals surface area contributed by atoms with E-state index in [4.69, 9.17) is 4.74 Å². The SMILES string of the molecule is N#Cc1c(-c2ccc(NC(=O)NC3CCCCC3)cc2)n(C2CC2)c2cc(OCCn3cncn3)ccc12. The third kappa shape index (κ3) is 5.07. The van der Waals surface area contributed by atoms with Crippen molar-refractivity contribution in [2.45, 2.75) is 63.6 Å². The van der Waals surface area contributed by atoms with Gasteiger partial charge in [0.25, 0.3) is 0 Å². The summed E-state index contributed by atoms with van der Waals surface area (Å²) in [6.45, 7) is 1.08. The first kappa shape index (κ1) is 24.0. The lowest BCUT2D eigenvalue weighted by atomic mass is 9.96. The van der Waals surface area contributed by atoms with Crippen LogP contribution in [0.2, 0.25) is 0 Å². The van der Waals surface area contributed by atoms with E-state index in [0.29, 0.717) is 24.8 Å². The van der Waals surface area contributed by atoms with Crippen molar-refractivity contribution in [3.05, 3.63) is 60.7 Å². The molecule has 194 valence electrons. The van der Waals surface area contributed by atoms with Crippen LogP contribution >= 0.6 is 0 Å². The van der Waals surface area contributed by atoms with E-state index in [9.17, 15) is 10.1 Å². The number of urea groups is 1. The second-order valence-corrected chi connectivity index (χ2v) is 10.1. The van der Waals surface area contributed by atoms with Gasteiger partial charge in [0.2, 0.25) is 0 Å². The highest BCUT2D eigenvalue weighted by Gasteiger charge is 2.31. The predicted octanol–water partition coefficient (Wildman–Crippen LogP) is 5.64. The number of carbonyl (C=O) groups excluding carboxylic acids is 1. The van der Waals surface area contributed by atoms with Gasteiger partial charge < -0.3 is 19.9 Å². The first-order valence-corrected chi connectivity index (χ1v) is 13.4. The van der Waals surface area contributed by atoms with Crippen molar-refractivity contribution in [2.75, 3.05) is 11.9 Å². The molecule has 2 N–H and O–H groups in total. The van der Waals surface area contributed by atoms with Gasteiger partial charge in [0.05, 0.1) is 23.3 Å². The highest BCUT2D eigenvalue weighted by molar-refractivity contribution is 5.96. The molecule has 2 aromatic heterocycles. The van der Waals surface area contributed by atoms with Crippen LogP contribution in [0.1, 0.15) is 56.6 Å². The van der Waals surface area contributed by atoms with Crippen molar-refractivity contribution in [2.24, 2.45) is 0 Å². The Hall–Kier alpha value is -4.32. The van der Waals surface area contributed by atoms with Crippen LogP contribution in [0.5, 0.6) is 5.75 Å². The number of nitriles is 1. The minimum atomic E-state index is -0.161. The van der Waals surface area contributed by atoms with Crippen LogP contribution in [0, 0.1) is 11.3 Å². The van der Waals surface area contributed by atoms with Crippen LogP contribution in [0.15, 0.2) is 55.1 Å². The number of aromatic nitrogens is 4. The molecule has 38 heavy (non-hydrogen) atoms. The highest BCUT2D eigenvalue weighted by atomic mass is 16.5. The van der Waals surface area contributed by atoms with Crippen LogP contribution in [-0.2, 0) is 6.54 Å². The summed E-state index contributed by atoms with van der Waals surface area (Å²) in [5.74, 6) is 0.761. The smallest absolute Gasteiger partial charge is 0.319 e. The van der Waals surface area contributed by atoms with E-state index in [2.05, 4.69) is 31.4 Å². The first-order chi connectivity index (χ1) is 18.7. The van der Waals surface area contributed by atoms with Gasteiger partial charge >= 0.3 is 6.03 Å². The fourth-order valence-electron chi connectivity index (χ4n) is 5.41. The zero-order valence-corrected chi connectivity index (χ0v) is 21.3. The number of carbonyl (C=O) groups is 1. The fourth-order valence-corrected chi connectivity index (χ4v) is 5.41. The molecule has 4 aromatic rings. The van der Waals surface area contributed by atoms with Crippen molar-refractivity contribution in [3.63, 3.8) is 0 Å². The molecule has 2 fully saturated rings. The zero-order valence-electron chi connectivity index (χ0n) is 21.3. The average molecular weight is 510 g/mol. The molecule has 0 radical (unpaired) electrons. The zero-order chi connectivity index (χ0) is 25.9. The average Bonchev–Trinajstić information content (AvgIpc) is 3.53. The molecule has 0 spiro atoms. The molecular formula is C29H31N7O2. The molecule has 0 bridgehead atoms. The number of amides is 2. The standard InChI is InChI=1S/C29H31N7O2/c30-17-26-25-13-12-24(38-15-14-35-19-31-18-32-35)16-27(25)36(23-10-11-23)28(26)20-6-8-22(9-7-20)34-29(37)33-21-4-2-1-3-5-21/h6-9,12-13,16,18-19,21,23H,1-5,10-11,14-15H2,(H2,33,34,37). The van der Waals surface area contributed by atoms with Gasteiger partial charge in [-0.05, 0) is 55.5 Å². The summed E-state index contributed by atoms with van der Waals surface area (Å²) >= 11 is 0. The highest BCUT2D eigenvalue weighted by Crippen LogP contribution is 2.45. The molecule has 0 atom stereocenters. The van der Waals surface area contributed by atoms with Crippen molar-refractivity contribution >= 4 is 22.6 Å². The minimum Gasteiger partial charge on any atom is -0.492 e. The van der Waals surface area contributed by atoms with Gasteiger partial charge in [0, 0.05) is 29.2 Å². The summed E-state index contributed by atoms with van der Waals surface area (Å²) in [7, 11) is 0. The number of nitrogens with zero attached hydrogens (tertiary/aromatic N) is 5. The van der Waals surface area contributed by atoms with Crippen molar-refractivity contribution < 1.29 is 9.53 Å². The third-order valence-corrected chi connectivity index (χ3v) is 7.41. The molecule has 9 heteroatoms. The van der Waals surface area contributed by atoms with Crippen LogP contribution in [0.25, 0.3) is 22.2 Å². The van der Waals surface area contributed by atoms with Gasteiger partial charge in [-0.3, -0.25) is 0 Å². The first-order valence-electron chi connectivity index (χ1n) is 13.4. The lowest BCUT2D eigenvalue weighted by molar-refractivity contribution is 0.244. The van der Waals surface area contributed by atoms with Gasteiger partial charge in [0.15, 0.2) is 0 Å². The monoisotopic (exact) mass is 509 g/mol. The fraction of sp³-hybridized carbons (Fsp3) is 0.379. The number of hydrogen-bond donors (Lipinski definition) is 2. The van der Waals surface area contributed by atoms with Gasteiger partial charge in [0.1, 0.15) is 31.1 Å². The maximum atomic E-state index is 12.5. The maximum Gasteiger partial charge on any atom is 0.319 e. The second kappa shape index (κ2) is 10.6. The van der Waals surface area contributed by atoms with Gasteiger partial charge in [-0.25, -0.2) is 14.5 Å². The van der Waals surface area contributed by atoms with Gasteiger partial charge in [-0.1, -0.05) is 31.4 Å². The molecule has 9 nitrogen and oxygen atoms in total. The Morgan fingerprint density at radius 2 is 1.89 bits per heavy atom. The van der Waals surface area contributed by atoms with E-state index < -0.39 is 0 Å². The van der Waals surface area contributed by atoms with E-state index in [1.165, 1.54) is 25.6 Å². The van der Waals surface area contributed by atoms with Crippen LogP contribution in [0.4, 0.5) is 10.5 Å². The van der Waals surface area contributed by atoms with Crippen molar-refractivity contribution in [3.8, 4) is 23.1 Å². The molecule has 0 aliphatic heterocycles. The Balaban J connectivity index is 1.24. The number of nitrogens with one attached hydrogen (secondary N) is 2. The lowest BCUT2D eigenvalue weighted by Crippen LogP contribution is -2.38. The molecule has 2 aliphatic carbocycles. The number of benzene rings is 2. The van der Waals surface area contributed by atoms with Crippen LogP contribution < -0.4 is 15.4 Å². The Morgan fingerprint density at radius 3 is 2.61 bits per heavy atom. The quantitative estimate of drug-likeness (QED) is 0.319. The predicted molar refractivity (Wildman–Crippen MR) is 145 cm³/mol. The van der Waals surface area contributed by atoms with Crippen molar-refractivity contribution in [1.82, 2.24) is 24.6 Å². The summed E-state index contributed by atoms with van der Waals surface area (Å²) in [5.41, 5.74) is 4.28. The van der Waals surface area contributed by atoms with E-state index in [1.54, 1.807) is 11.0 Å².